The number of rotatable bonds is 8. The summed E-state index contributed by atoms with van der Waals surface area (Å²) in [6.45, 7) is 7.80. The van der Waals surface area contributed by atoms with E-state index in [1.807, 2.05) is 17.1 Å². The minimum atomic E-state index is 0.581. The molecule has 0 spiro atoms. The van der Waals surface area contributed by atoms with Gasteiger partial charge in [0.25, 0.3) is 0 Å². The van der Waals surface area contributed by atoms with Crippen molar-refractivity contribution in [3.8, 4) is 5.69 Å². The van der Waals surface area contributed by atoms with Crippen molar-refractivity contribution < 1.29 is 0 Å². The molecular formula is C18H27N3. The Labute approximate surface area is 128 Å². The van der Waals surface area contributed by atoms with Gasteiger partial charge in [-0.1, -0.05) is 38.8 Å². The van der Waals surface area contributed by atoms with E-state index in [-0.39, 0.29) is 0 Å². The molecule has 0 bridgehead atoms. The second-order valence-electron chi connectivity index (χ2n) is 6.24. The summed E-state index contributed by atoms with van der Waals surface area (Å²) in [6.07, 6.45) is 9.48. The van der Waals surface area contributed by atoms with Crippen LogP contribution in [-0.4, -0.2) is 15.6 Å². The van der Waals surface area contributed by atoms with Crippen LogP contribution >= 0.6 is 0 Å². The molecule has 0 aliphatic heterocycles. The van der Waals surface area contributed by atoms with Crippen LogP contribution < -0.4 is 5.32 Å². The number of imidazole rings is 1. The van der Waals surface area contributed by atoms with Gasteiger partial charge in [0.1, 0.15) is 0 Å². The molecule has 21 heavy (non-hydrogen) atoms. The lowest BCUT2D eigenvalue weighted by Gasteiger charge is -2.14. The molecule has 1 atom stereocenters. The lowest BCUT2D eigenvalue weighted by Crippen LogP contribution is -2.25. The topological polar surface area (TPSA) is 29.9 Å². The fourth-order valence-corrected chi connectivity index (χ4v) is 2.42. The molecule has 0 amide bonds. The first-order valence-electron chi connectivity index (χ1n) is 7.96. The van der Waals surface area contributed by atoms with E-state index in [2.05, 4.69) is 55.3 Å². The van der Waals surface area contributed by atoms with Crippen LogP contribution in [0.25, 0.3) is 5.69 Å². The van der Waals surface area contributed by atoms with Gasteiger partial charge in [-0.25, -0.2) is 4.98 Å². The Bertz CT molecular complexity index is 500. The minimum Gasteiger partial charge on any atom is -0.310 e. The van der Waals surface area contributed by atoms with E-state index in [9.17, 15) is 0 Å². The second-order valence-corrected chi connectivity index (χ2v) is 6.24. The molecule has 2 aromatic rings. The van der Waals surface area contributed by atoms with E-state index >= 15 is 0 Å². The predicted molar refractivity (Wildman–Crippen MR) is 88.6 cm³/mol. The van der Waals surface area contributed by atoms with Gasteiger partial charge in [0.15, 0.2) is 0 Å². The molecule has 3 nitrogen and oxygen atoms in total. The Hall–Kier alpha value is -1.61. The zero-order chi connectivity index (χ0) is 15.1. The highest BCUT2D eigenvalue weighted by Gasteiger charge is 2.03. The summed E-state index contributed by atoms with van der Waals surface area (Å²) in [5, 5.41) is 3.61. The van der Waals surface area contributed by atoms with Gasteiger partial charge in [0, 0.05) is 30.7 Å². The van der Waals surface area contributed by atoms with Crippen LogP contribution in [0, 0.1) is 5.92 Å². The summed E-state index contributed by atoms with van der Waals surface area (Å²) in [7, 11) is 0. The van der Waals surface area contributed by atoms with Crippen LogP contribution in [0.4, 0.5) is 0 Å². The summed E-state index contributed by atoms with van der Waals surface area (Å²) < 4.78 is 2.02. The van der Waals surface area contributed by atoms with Crippen LogP contribution in [0.3, 0.4) is 0 Å². The maximum Gasteiger partial charge on any atom is 0.0991 e. The van der Waals surface area contributed by atoms with E-state index in [1.165, 1.54) is 24.8 Å². The predicted octanol–water partition coefficient (Wildman–Crippen LogP) is 4.18. The van der Waals surface area contributed by atoms with Crippen molar-refractivity contribution in [2.24, 2.45) is 5.92 Å². The third-order valence-electron chi connectivity index (χ3n) is 3.81. The molecular weight excluding hydrogens is 258 g/mol. The zero-order valence-corrected chi connectivity index (χ0v) is 13.4. The number of nitrogens with one attached hydrogen (secondary N) is 1. The summed E-state index contributed by atoms with van der Waals surface area (Å²) in [4.78, 5) is 4.07. The third kappa shape index (κ3) is 5.35. The molecule has 0 saturated heterocycles. The SMILES string of the molecule is CC(C)CCCC(C)NCc1ccc(-n2ccnc2)cc1. The average Bonchev–Trinajstić information content (AvgIpc) is 2.99. The van der Waals surface area contributed by atoms with Crippen LogP contribution in [0.1, 0.15) is 45.6 Å². The largest absolute Gasteiger partial charge is 0.310 e. The van der Waals surface area contributed by atoms with Crippen molar-refractivity contribution in [1.29, 1.82) is 0 Å². The van der Waals surface area contributed by atoms with E-state index in [0.29, 0.717) is 6.04 Å². The highest BCUT2D eigenvalue weighted by atomic mass is 15.0. The number of hydrogen-bond donors (Lipinski definition) is 1. The molecule has 114 valence electrons. The van der Waals surface area contributed by atoms with Gasteiger partial charge in [-0.2, -0.15) is 0 Å². The van der Waals surface area contributed by atoms with Gasteiger partial charge in [-0.3, -0.25) is 0 Å². The molecule has 0 aliphatic carbocycles. The Balaban J connectivity index is 1.76. The highest BCUT2D eigenvalue weighted by Crippen LogP contribution is 2.11. The maximum atomic E-state index is 4.07. The normalized spacial score (nSPS) is 12.8. The van der Waals surface area contributed by atoms with Crippen LogP contribution in [0.2, 0.25) is 0 Å². The van der Waals surface area contributed by atoms with E-state index < -0.39 is 0 Å². The van der Waals surface area contributed by atoms with Crippen molar-refractivity contribution in [2.45, 2.75) is 52.6 Å². The summed E-state index contributed by atoms with van der Waals surface area (Å²) in [5.41, 5.74) is 2.48. The van der Waals surface area contributed by atoms with E-state index in [4.69, 9.17) is 0 Å². The maximum absolute atomic E-state index is 4.07. The van der Waals surface area contributed by atoms with E-state index in [1.54, 1.807) is 6.20 Å². The van der Waals surface area contributed by atoms with Crippen molar-refractivity contribution >= 4 is 0 Å². The molecule has 0 saturated carbocycles. The smallest absolute Gasteiger partial charge is 0.0991 e. The average molecular weight is 285 g/mol. The van der Waals surface area contributed by atoms with Crippen molar-refractivity contribution in [1.82, 2.24) is 14.9 Å². The minimum absolute atomic E-state index is 0.581. The molecule has 1 heterocycles. The molecule has 0 fully saturated rings. The fraction of sp³-hybridized carbons (Fsp3) is 0.500. The molecule has 3 heteroatoms. The number of aromatic nitrogens is 2. The molecule has 0 aliphatic rings. The van der Waals surface area contributed by atoms with E-state index in [0.717, 1.165) is 18.2 Å². The summed E-state index contributed by atoms with van der Waals surface area (Å²) in [5.74, 6) is 0.813. The molecule has 1 N–H and O–H groups in total. The van der Waals surface area contributed by atoms with Crippen molar-refractivity contribution in [3.05, 3.63) is 48.5 Å². The van der Waals surface area contributed by atoms with Gasteiger partial charge < -0.3 is 9.88 Å². The number of benzene rings is 1. The summed E-state index contributed by atoms with van der Waals surface area (Å²) in [6, 6.07) is 9.23. The van der Waals surface area contributed by atoms with Gasteiger partial charge in [0.2, 0.25) is 0 Å². The molecule has 1 aromatic carbocycles. The molecule has 1 aromatic heterocycles. The first-order chi connectivity index (χ1) is 10.1. The molecule has 1 unspecified atom stereocenters. The number of hydrogen-bond acceptors (Lipinski definition) is 2. The Kier molecular flexibility index (Phi) is 6.00. The highest BCUT2D eigenvalue weighted by molar-refractivity contribution is 5.34. The van der Waals surface area contributed by atoms with Crippen molar-refractivity contribution in [3.63, 3.8) is 0 Å². The lowest BCUT2D eigenvalue weighted by atomic mass is 10.0. The second kappa shape index (κ2) is 7.99. The van der Waals surface area contributed by atoms with Crippen LogP contribution in [0.5, 0.6) is 0 Å². The Morgan fingerprint density at radius 3 is 2.48 bits per heavy atom. The van der Waals surface area contributed by atoms with Crippen LogP contribution in [0.15, 0.2) is 43.0 Å². The quantitative estimate of drug-likeness (QED) is 0.788. The zero-order valence-electron chi connectivity index (χ0n) is 13.4. The fourth-order valence-electron chi connectivity index (χ4n) is 2.42. The van der Waals surface area contributed by atoms with Gasteiger partial charge in [-0.15, -0.1) is 0 Å². The van der Waals surface area contributed by atoms with Gasteiger partial charge in [-0.05, 0) is 37.0 Å². The molecule has 2 rings (SSSR count). The van der Waals surface area contributed by atoms with Gasteiger partial charge in [0.05, 0.1) is 6.33 Å². The number of nitrogens with zero attached hydrogens (tertiary/aromatic N) is 2. The van der Waals surface area contributed by atoms with Gasteiger partial charge >= 0.3 is 0 Å². The first-order valence-corrected chi connectivity index (χ1v) is 7.96. The molecule has 0 radical (unpaired) electrons. The lowest BCUT2D eigenvalue weighted by molar-refractivity contribution is 0.457. The Morgan fingerprint density at radius 2 is 1.86 bits per heavy atom. The van der Waals surface area contributed by atoms with Crippen molar-refractivity contribution in [2.75, 3.05) is 0 Å². The third-order valence-corrected chi connectivity index (χ3v) is 3.81. The standard InChI is InChI=1S/C18H27N3/c1-15(2)5-4-6-16(3)20-13-17-7-9-18(10-8-17)21-12-11-19-14-21/h7-12,14-16,20H,4-6,13H2,1-3H3. The monoisotopic (exact) mass is 285 g/mol. The summed E-state index contributed by atoms with van der Waals surface area (Å²) >= 11 is 0. The Morgan fingerprint density at radius 1 is 1.10 bits per heavy atom. The van der Waals surface area contributed by atoms with Crippen LogP contribution in [-0.2, 0) is 6.54 Å². The first kappa shape index (κ1) is 15.8.